The number of furan rings is 1. The van der Waals surface area contributed by atoms with E-state index >= 15 is 0 Å². The zero-order valence-electron chi connectivity index (χ0n) is 14.9. The molecule has 3 heterocycles. The normalized spacial score (nSPS) is 10.4. The number of amides is 2. The van der Waals surface area contributed by atoms with Gasteiger partial charge in [0.1, 0.15) is 18.1 Å². The molecule has 0 unspecified atom stereocenters. The molecule has 0 aliphatic carbocycles. The van der Waals surface area contributed by atoms with Crippen LogP contribution in [0.5, 0.6) is 5.75 Å². The van der Waals surface area contributed by atoms with Crippen LogP contribution in [0.2, 0.25) is 0 Å². The summed E-state index contributed by atoms with van der Waals surface area (Å²) in [5.74, 6) is 0.375. The van der Waals surface area contributed by atoms with E-state index in [2.05, 4.69) is 20.7 Å². The highest BCUT2D eigenvalue weighted by molar-refractivity contribution is 5.94. The van der Waals surface area contributed by atoms with Gasteiger partial charge in [-0.15, -0.1) is 0 Å². The lowest BCUT2D eigenvalue weighted by molar-refractivity contribution is -0.119. The molecule has 0 spiro atoms. The molecule has 9 nitrogen and oxygen atoms in total. The summed E-state index contributed by atoms with van der Waals surface area (Å²) in [5, 5.41) is 9.12. The number of nitrogens with zero attached hydrogens (tertiary/aromatic N) is 3. The molecule has 0 saturated heterocycles. The van der Waals surface area contributed by atoms with Gasteiger partial charge in [0, 0.05) is 20.3 Å². The van der Waals surface area contributed by atoms with E-state index in [1.54, 1.807) is 29.1 Å². The van der Waals surface area contributed by atoms with Crippen LogP contribution in [0.3, 0.4) is 0 Å². The molecule has 9 heteroatoms. The third-order valence-corrected chi connectivity index (χ3v) is 3.66. The van der Waals surface area contributed by atoms with Crippen LogP contribution in [0, 0.1) is 0 Å². The van der Waals surface area contributed by atoms with Gasteiger partial charge in [-0.25, -0.2) is 4.98 Å². The van der Waals surface area contributed by atoms with Gasteiger partial charge in [0.2, 0.25) is 5.91 Å². The van der Waals surface area contributed by atoms with Gasteiger partial charge in [0.15, 0.2) is 11.5 Å². The summed E-state index contributed by atoms with van der Waals surface area (Å²) in [4.78, 5) is 27.4. The lowest BCUT2D eigenvalue weighted by atomic mass is 10.3. The van der Waals surface area contributed by atoms with Crippen molar-refractivity contribution in [1.82, 2.24) is 25.4 Å². The molecule has 0 radical (unpaired) electrons. The summed E-state index contributed by atoms with van der Waals surface area (Å²) < 4.78 is 12.9. The summed E-state index contributed by atoms with van der Waals surface area (Å²) >= 11 is 0. The van der Waals surface area contributed by atoms with Gasteiger partial charge in [-0.05, 0) is 30.3 Å². The van der Waals surface area contributed by atoms with E-state index in [1.807, 2.05) is 19.3 Å². The van der Waals surface area contributed by atoms with Gasteiger partial charge in [0.05, 0.1) is 18.4 Å². The first-order chi connectivity index (χ1) is 13.0. The quantitative estimate of drug-likeness (QED) is 0.646. The molecule has 3 aromatic rings. The van der Waals surface area contributed by atoms with Crippen LogP contribution in [0.4, 0.5) is 0 Å². The molecule has 0 aromatic carbocycles. The van der Waals surface area contributed by atoms with Crippen molar-refractivity contribution in [3.8, 4) is 17.2 Å². The number of aryl methyl sites for hydroxylation is 1. The van der Waals surface area contributed by atoms with Crippen LogP contribution >= 0.6 is 0 Å². The second-order valence-corrected chi connectivity index (χ2v) is 5.67. The number of pyridine rings is 1. The highest BCUT2D eigenvalue weighted by Gasteiger charge is 2.13. The Labute approximate surface area is 155 Å². The number of aromatic nitrogens is 3. The summed E-state index contributed by atoms with van der Waals surface area (Å²) in [6.07, 6.45) is 3.42. The first-order valence-corrected chi connectivity index (χ1v) is 8.21. The van der Waals surface area contributed by atoms with Gasteiger partial charge in [0.25, 0.3) is 5.91 Å². The first-order valence-electron chi connectivity index (χ1n) is 8.21. The van der Waals surface area contributed by atoms with Crippen molar-refractivity contribution in [1.29, 1.82) is 0 Å². The summed E-state index contributed by atoms with van der Waals surface area (Å²) in [6, 6.07) is 8.55. The SMILES string of the molecule is CNC(=O)CNC(=O)c1ccc(-c2ccc(OCc3ccn(C)n3)cn2)o1. The molecular formula is C18H19N5O4. The minimum Gasteiger partial charge on any atom is -0.486 e. The Bertz CT molecular complexity index is 929. The number of nitrogens with one attached hydrogen (secondary N) is 2. The molecule has 0 fully saturated rings. The van der Waals surface area contributed by atoms with Crippen molar-refractivity contribution in [3.63, 3.8) is 0 Å². The van der Waals surface area contributed by atoms with Crippen molar-refractivity contribution >= 4 is 11.8 Å². The van der Waals surface area contributed by atoms with Gasteiger partial charge in [-0.3, -0.25) is 14.3 Å². The Morgan fingerprint density at radius 1 is 1.22 bits per heavy atom. The van der Waals surface area contributed by atoms with E-state index in [9.17, 15) is 9.59 Å². The Kier molecular flexibility index (Phi) is 5.50. The minimum atomic E-state index is -0.472. The molecule has 0 saturated carbocycles. The van der Waals surface area contributed by atoms with E-state index in [0.717, 1.165) is 5.69 Å². The number of carbonyl (C=O) groups excluding carboxylic acids is 2. The largest absolute Gasteiger partial charge is 0.486 e. The van der Waals surface area contributed by atoms with Crippen LogP contribution in [-0.4, -0.2) is 40.2 Å². The van der Waals surface area contributed by atoms with Crippen LogP contribution in [0.1, 0.15) is 16.2 Å². The van der Waals surface area contributed by atoms with Crippen molar-refractivity contribution in [2.24, 2.45) is 7.05 Å². The van der Waals surface area contributed by atoms with Crippen molar-refractivity contribution in [3.05, 3.63) is 54.2 Å². The number of likely N-dealkylation sites (N-methyl/N-ethyl adjacent to an activating group) is 1. The second-order valence-electron chi connectivity index (χ2n) is 5.67. The van der Waals surface area contributed by atoms with E-state index in [4.69, 9.17) is 9.15 Å². The number of hydrogen-bond acceptors (Lipinski definition) is 6. The first kappa shape index (κ1) is 18.2. The lowest BCUT2D eigenvalue weighted by Crippen LogP contribution is -2.34. The fourth-order valence-electron chi connectivity index (χ4n) is 2.24. The summed E-state index contributed by atoms with van der Waals surface area (Å²) in [5.41, 5.74) is 1.38. The molecule has 0 aliphatic heterocycles. The molecule has 3 rings (SSSR count). The monoisotopic (exact) mass is 369 g/mol. The lowest BCUT2D eigenvalue weighted by Gasteiger charge is -2.04. The molecule has 2 N–H and O–H groups in total. The number of ether oxygens (including phenoxy) is 1. The molecule has 2 amide bonds. The Morgan fingerprint density at radius 3 is 2.74 bits per heavy atom. The standard InChI is InChI=1S/C18H19N5O4/c1-19-17(24)10-21-18(25)16-6-5-15(27-16)14-4-3-13(9-20-14)26-11-12-7-8-23(2)22-12/h3-9H,10-11H2,1-2H3,(H,19,24)(H,21,25). The maximum Gasteiger partial charge on any atom is 0.287 e. The Hall–Kier alpha value is -3.62. The summed E-state index contributed by atoms with van der Waals surface area (Å²) in [7, 11) is 3.34. The smallest absolute Gasteiger partial charge is 0.287 e. The van der Waals surface area contributed by atoms with Gasteiger partial charge in [-0.2, -0.15) is 5.10 Å². The van der Waals surface area contributed by atoms with Crippen LogP contribution in [0.15, 0.2) is 47.1 Å². The van der Waals surface area contributed by atoms with Crippen LogP contribution < -0.4 is 15.4 Å². The van der Waals surface area contributed by atoms with E-state index in [1.165, 1.54) is 13.1 Å². The predicted molar refractivity (Wildman–Crippen MR) is 95.9 cm³/mol. The average molecular weight is 369 g/mol. The maximum absolute atomic E-state index is 12.0. The van der Waals surface area contributed by atoms with Crippen molar-refractivity contribution in [2.75, 3.05) is 13.6 Å². The zero-order valence-corrected chi connectivity index (χ0v) is 14.9. The molecule has 0 atom stereocenters. The van der Waals surface area contributed by atoms with Crippen molar-refractivity contribution in [2.45, 2.75) is 6.61 Å². The second kappa shape index (κ2) is 8.17. The molecule has 27 heavy (non-hydrogen) atoms. The highest BCUT2D eigenvalue weighted by atomic mass is 16.5. The molecule has 0 bridgehead atoms. The fourth-order valence-corrected chi connectivity index (χ4v) is 2.24. The molecular weight excluding hydrogens is 350 g/mol. The number of rotatable bonds is 7. The van der Waals surface area contributed by atoms with E-state index < -0.39 is 5.91 Å². The number of hydrogen-bond donors (Lipinski definition) is 2. The Balaban J connectivity index is 1.59. The van der Waals surface area contributed by atoms with E-state index in [0.29, 0.717) is 23.8 Å². The molecule has 140 valence electrons. The van der Waals surface area contributed by atoms with E-state index in [-0.39, 0.29) is 18.2 Å². The summed E-state index contributed by atoms with van der Waals surface area (Å²) in [6.45, 7) is 0.226. The van der Waals surface area contributed by atoms with Gasteiger partial charge in [-0.1, -0.05) is 0 Å². The maximum atomic E-state index is 12.0. The zero-order chi connectivity index (χ0) is 19.2. The fraction of sp³-hybridized carbons (Fsp3) is 0.222. The third-order valence-electron chi connectivity index (χ3n) is 3.66. The molecule has 3 aromatic heterocycles. The topological polar surface area (TPSA) is 111 Å². The number of carbonyl (C=O) groups is 2. The van der Waals surface area contributed by atoms with Gasteiger partial charge >= 0.3 is 0 Å². The van der Waals surface area contributed by atoms with Crippen molar-refractivity contribution < 1.29 is 18.7 Å². The van der Waals surface area contributed by atoms with Crippen LogP contribution in [0.25, 0.3) is 11.5 Å². The molecule has 0 aliphatic rings. The average Bonchev–Trinajstić information content (AvgIpc) is 3.34. The Morgan fingerprint density at radius 2 is 2.07 bits per heavy atom. The van der Waals surface area contributed by atoms with Gasteiger partial charge < -0.3 is 19.8 Å². The third kappa shape index (κ3) is 4.72. The highest BCUT2D eigenvalue weighted by Crippen LogP contribution is 2.22. The predicted octanol–water partition coefficient (Wildman–Crippen LogP) is 1.13. The van der Waals surface area contributed by atoms with Crippen LogP contribution in [-0.2, 0) is 18.4 Å². The minimum absolute atomic E-state index is 0.103.